The number of ether oxygens (including phenoxy) is 2. The average Bonchev–Trinajstić information content (AvgIpc) is 2.70. The molecular weight excluding hydrogens is 384 g/mol. The van der Waals surface area contributed by atoms with Crippen molar-refractivity contribution in [3.8, 4) is 11.5 Å². The number of carboxylic acid groups (broad SMARTS) is 1. The zero-order valence-corrected chi connectivity index (χ0v) is 17.6. The van der Waals surface area contributed by atoms with Crippen LogP contribution < -0.4 is 9.47 Å². The summed E-state index contributed by atoms with van der Waals surface area (Å²) in [4.78, 5) is 12.5. The summed E-state index contributed by atoms with van der Waals surface area (Å²) in [7, 11) is 0. The van der Waals surface area contributed by atoms with Crippen LogP contribution in [0.15, 0.2) is 61.7 Å². The number of carbonyl (C=O) groups is 1. The molecule has 5 heteroatoms. The Labute approximate surface area is 177 Å². The molecule has 0 bridgehead atoms. The molecule has 0 amide bonds. The number of carboxylic acids is 1. The summed E-state index contributed by atoms with van der Waals surface area (Å²) in [6.07, 6.45) is 3.67. The number of rotatable bonds is 11. The third-order valence-corrected chi connectivity index (χ3v) is 4.86. The molecule has 0 heterocycles. The van der Waals surface area contributed by atoms with Crippen LogP contribution in [0.3, 0.4) is 0 Å². The molecule has 1 atom stereocenters. The first-order valence-corrected chi connectivity index (χ1v) is 9.83. The van der Waals surface area contributed by atoms with Gasteiger partial charge in [-0.25, -0.2) is 0 Å². The minimum absolute atomic E-state index is 0.262. The second-order valence-electron chi connectivity index (χ2n) is 6.58. The van der Waals surface area contributed by atoms with Crippen molar-refractivity contribution >= 4 is 23.1 Å². The van der Waals surface area contributed by atoms with E-state index in [4.69, 9.17) is 21.7 Å². The van der Waals surface area contributed by atoms with Gasteiger partial charge >= 0.3 is 5.97 Å². The molecular formula is C24H26O4S. The van der Waals surface area contributed by atoms with Crippen LogP contribution in [0.25, 0.3) is 0 Å². The summed E-state index contributed by atoms with van der Waals surface area (Å²) >= 11 is 5.80. The van der Waals surface area contributed by atoms with Crippen LogP contribution >= 0.6 is 12.2 Å². The van der Waals surface area contributed by atoms with E-state index in [2.05, 4.69) is 13.2 Å². The molecule has 1 unspecified atom stereocenters. The lowest BCUT2D eigenvalue weighted by Gasteiger charge is -2.21. The van der Waals surface area contributed by atoms with Crippen LogP contribution in [0.2, 0.25) is 0 Å². The van der Waals surface area contributed by atoms with Gasteiger partial charge in [-0.1, -0.05) is 74.3 Å². The van der Waals surface area contributed by atoms with Crippen molar-refractivity contribution in [1.82, 2.24) is 0 Å². The molecule has 1 N–H and O–H groups in total. The fraction of sp³-hybridized carbons (Fsp3) is 0.250. The van der Waals surface area contributed by atoms with Gasteiger partial charge in [0.05, 0.1) is 10.8 Å². The first-order chi connectivity index (χ1) is 13.9. The third kappa shape index (κ3) is 5.55. The van der Waals surface area contributed by atoms with Gasteiger partial charge in [0.1, 0.15) is 24.7 Å². The second-order valence-corrected chi connectivity index (χ2v) is 6.99. The van der Waals surface area contributed by atoms with E-state index in [0.717, 1.165) is 11.1 Å². The van der Waals surface area contributed by atoms with Crippen molar-refractivity contribution in [2.45, 2.75) is 26.2 Å². The van der Waals surface area contributed by atoms with E-state index >= 15 is 0 Å². The summed E-state index contributed by atoms with van der Waals surface area (Å²) in [5, 5.41) is 9.82. The van der Waals surface area contributed by atoms with Gasteiger partial charge in [0.15, 0.2) is 0 Å². The van der Waals surface area contributed by atoms with Gasteiger partial charge in [-0.2, -0.15) is 0 Å². The molecule has 0 saturated heterocycles. The zero-order valence-electron chi connectivity index (χ0n) is 16.8. The topological polar surface area (TPSA) is 55.8 Å². The van der Waals surface area contributed by atoms with E-state index in [-0.39, 0.29) is 6.61 Å². The third-order valence-electron chi connectivity index (χ3n) is 4.42. The monoisotopic (exact) mass is 410 g/mol. The van der Waals surface area contributed by atoms with Crippen LogP contribution in [0.4, 0.5) is 0 Å². The molecule has 0 aromatic heterocycles. The Balaban J connectivity index is 2.74. The highest BCUT2D eigenvalue weighted by atomic mass is 32.1. The SMILES string of the molecule is C=CCOc1cc(OCC=C)c(C(=S)c2cccc(C)c2)c(C(CC)C(=O)O)c1. The number of benzene rings is 2. The van der Waals surface area contributed by atoms with Crippen LogP contribution in [-0.2, 0) is 4.79 Å². The Bertz CT molecular complexity index is 917. The maximum Gasteiger partial charge on any atom is 0.310 e. The highest BCUT2D eigenvalue weighted by Crippen LogP contribution is 2.37. The molecule has 29 heavy (non-hydrogen) atoms. The molecule has 0 aliphatic heterocycles. The van der Waals surface area contributed by atoms with Crippen LogP contribution in [0.5, 0.6) is 11.5 Å². The number of hydrogen-bond acceptors (Lipinski definition) is 4. The van der Waals surface area contributed by atoms with Crippen LogP contribution in [0.1, 0.15) is 41.5 Å². The van der Waals surface area contributed by atoms with E-state index < -0.39 is 11.9 Å². The Hall–Kier alpha value is -2.92. The van der Waals surface area contributed by atoms with Gasteiger partial charge < -0.3 is 14.6 Å². The minimum atomic E-state index is -0.920. The number of hydrogen-bond donors (Lipinski definition) is 1. The van der Waals surface area contributed by atoms with Gasteiger partial charge in [-0.15, -0.1) is 0 Å². The first-order valence-electron chi connectivity index (χ1n) is 9.42. The second kappa shape index (κ2) is 10.6. The Morgan fingerprint density at radius 1 is 1.17 bits per heavy atom. The molecule has 152 valence electrons. The maximum atomic E-state index is 12.0. The lowest BCUT2D eigenvalue weighted by molar-refractivity contribution is -0.138. The highest BCUT2D eigenvalue weighted by molar-refractivity contribution is 7.81. The van der Waals surface area contributed by atoms with E-state index in [1.165, 1.54) is 0 Å². The van der Waals surface area contributed by atoms with E-state index in [1.807, 2.05) is 38.1 Å². The highest BCUT2D eigenvalue weighted by Gasteiger charge is 2.27. The molecule has 2 rings (SSSR count). The van der Waals surface area contributed by atoms with Crippen molar-refractivity contribution in [3.63, 3.8) is 0 Å². The van der Waals surface area contributed by atoms with Crippen molar-refractivity contribution in [3.05, 3.63) is 84.0 Å². The number of aryl methyl sites for hydroxylation is 1. The van der Waals surface area contributed by atoms with Crippen LogP contribution in [0, 0.1) is 6.92 Å². The quantitative estimate of drug-likeness (QED) is 0.302. The first kappa shape index (κ1) is 22.4. The summed E-state index contributed by atoms with van der Waals surface area (Å²) in [5.41, 5.74) is 3.08. The molecule has 4 nitrogen and oxygen atoms in total. The molecule has 0 radical (unpaired) electrons. The lowest BCUT2D eigenvalue weighted by Crippen LogP contribution is -2.17. The van der Waals surface area contributed by atoms with Crippen molar-refractivity contribution < 1.29 is 19.4 Å². The van der Waals surface area contributed by atoms with Crippen LogP contribution in [-0.4, -0.2) is 29.2 Å². The normalized spacial score (nSPS) is 11.4. The summed E-state index contributed by atoms with van der Waals surface area (Å²) < 4.78 is 11.6. The fourth-order valence-corrected chi connectivity index (χ4v) is 3.43. The molecule has 2 aromatic carbocycles. The molecule has 0 aliphatic rings. The minimum Gasteiger partial charge on any atom is -0.489 e. The molecule has 0 fully saturated rings. The number of thiocarbonyl (C=S) groups is 1. The summed E-state index contributed by atoms with van der Waals surface area (Å²) in [6, 6.07) is 11.3. The largest absolute Gasteiger partial charge is 0.489 e. The van der Waals surface area contributed by atoms with Gasteiger partial charge in [0.2, 0.25) is 0 Å². The van der Waals surface area contributed by atoms with E-state index in [0.29, 0.717) is 40.5 Å². The Morgan fingerprint density at radius 3 is 2.45 bits per heavy atom. The standard InChI is InChI=1S/C24H26O4S/c1-5-11-27-18-14-20(19(7-3)24(25)26)22(21(15-18)28-12-6-2)23(29)17-10-8-9-16(4)13-17/h5-6,8-10,13-15,19H,1-2,7,11-12H2,3-4H3,(H,25,26). The molecule has 0 aliphatic carbocycles. The number of aliphatic carboxylic acids is 1. The van der Waals surface area contributed by atoms with Gasteiger partial charge in [0.25, 0.3) is 0 Å². The van der Waals surface area contributed by atoms with E-state index in [9.17, 15) is 9.90 Å². The molecule has 0 spiro atoms. The van der Waals surface area contributed by atoms with Gasteiger partial charge in [-0.3, -0.25) is 4.79 Å². The fourth-order valence-electron chi connectivity index (χ4n) is 3.09. The maximum absolute atomic E-state index is 12.0. The smallest absolute Gasteiger partial charge is 0.310 e. The lowest BCUT2D eigenvalue weighted by atomic mass is 9.88. The predicted octanol–water partition coefficient (Wildman–Crippen LogP) is 5.47. The predicted molar refractivity (Wildman–Crippen MR) is 120 cm³/mol. The van der Waals surface area contributed by atoms with Crippen molar-refractivity contribution in [2.24, 2.45) is 0 Å². The van der Waals surface area contributed by atoms with Crippen molar-refractivity contribution in [2.75, 3.05) is 13.2 Å². The summed E-state index contributed by atoms with van der Waals surface area (Å²) in [5.74, 6) is -0.676. The van der Waals surface area contributed by atoms with E-state index in [1.54, 1.807) is 24.3 Å². The average molecular weight is 411 g/mol. The Morgan fingerprint density at radius 2 is 1.86 bits per heavy atom. The zero-order chi connectivity index (χ0) is 21.4. The van der Waals surface area contributed by atoms with Gasteiger partial charge in [0, 0.05) is 11.6 Å². The van der Waals surface area contributed by atoms with Crippen molar-refractivity contribution in [1.29, 1.82) is 0 Å². The van der Waals surface area contributed by atoms with Gasteiger partial charge in [-0.05, 0) is 30.5 Å². The Kier molecular flexibility index (Phi) is 8.16. The molecule has 2 aromatic rings. The summed E-state index contributed by atoms with van der Waals surface area (Å²) in [6.45, 7) is 11.7. The molecule has 0 saturated carbocycles.